The van der Waals surface area contributed by atoms with Gasteiger partial charge in [-0.15, -0.1) is 0 Å². The van der Waals surface area contributed by atoms with E-state index in [1.54, 1.807) is 6.92 Å². The molecule has 1 aliphatic heterocycles. The van der Waals surface area contributed by atoms with Gasteiger partial charge < -0.3 is 14.6 Å². The summed E-state index contributed by atoms with van der Waals surface area (Å²) in [6.07, 6.45) is 25.0. The number of nitrogens with one attached hydrogen (secondary N) is 1. The van der Waals surface area contributed by atoms with Gasteiger partial charge in [0.2, 0.25) is 0 Å². The van der Waals surface area contributed by atoms with Gasteiger partial charge in [0.25, 0.3) is 0 Å². The van der Waals surface area contributed by atoms with Crippen LogP contribution in [0.1, 0.15) is 142 Å². The molecule has 36 heavy (non-hydrogen) atoms. The molecule has 0 aromatic rings. The number of carbonyl (C=O) groups excluding carboxylic acids is 1. The van der Waals surface area contributed by atoms with E-state index < -0.39 is 7.82 Å². The largest absolute Gasteiger partial charge is 0.472 e. The molecule has 2 N–H and O–H groups in total. The number of phosphoric ester groups is 1. The molecule has 1 fully saturated rings. The van der Waals surface area contributed by atoms with Gasteiger partial charge in [-0.05, 0) is 19.3 Å². The van der Waals surface area contributed by atoms with E-state index >= 15 is 0 Å². The van der Waals surface area contributed by atoms with Crippen LogP contribution in [0, 0.1) is 5.92 Å². The van der Waals surface area contributed by atoms with Crippen molar-refractivity contribution in [2.45, 2.75) is 142 Å². The number of hydrogen-bond acceptors (Lipinski definition) is 4. The van der Waals surface area contributed by atoms with Gasteiger partial charge in [-0.3, -0.25) is 9.05 Å². The maximum absolute atomic E-state index is 12.2. The molecule has 1 saturated heterocycles. The number of unbranched alkanes of at least 4 members (excludes halogenated alkanes) is 15. The minimum absolute atomic E-state index is 0.0116. The van der Waals surface area contributed by atoms with E-state index in [1.807, 2.05) is 0 Å². The molecule has 214 valence electrons. The second-order valence-corrected chi connectivity index (χ2v) is 12.6. The van der Waals surface area contributed by atoms with Gasteiger partial charge in [-0.25, -0.2) is 4.57 Å². The molecule has 0 saturated carbocycles. The molecule has 0 amide bonds. The second-order valence-electron chi connectivity index (χ2n) is 11.2. The van der Waals surface area contributed by atoms with E-state index in [1.165, 1.54) is 108 Å². The normalized spacial score (nSPS) is 16.9. The van der Waals surface area contributed by atoms with Crippen molar-refractivity contribution in [1.29, 1.82) is 0 Å². The first-order valence-corrected chi connectivity index (χ1v) is 16.9. The molecule has 0 spiro atoms. The summed E-state index contributed by atoms with van der Waals surface area (Å²) in [5.41, 5.74) is 0. The lowest BCUT2D eigenvalue weighted by Crippen LogP contribution is -3.10. The molecule has 1 rings (SSSR count). The van der Waals surface area contributed by atoms with Gasteiger partial charge in [0, 0.05) is 19.3 Å². The summed E-state index contributed by atoms with van der Waals surface area (Å²) in [4.78, 5) is 23.1. The molecule has 1 aliphatic rings. The highest BCUT2D eigenvalue weighted by molar-refractivity contribution is 7.47. The lowest BCUT2D eigenvalue weighted by molar-refractivity contribution is -0.887. The van der Waals surface area contributed by atoms with Gasteiger partial charge >= 0.3 is 7.82 Å². The standard InChI is InChI=1S/C29H58NO5P/c1-3-4-5-6-7-8-9-10-11-12-13-14-15-16-17-18-21-29(26-28(2)31)27-35-36(32,33)34-25-24-30-22-19-20-23-30/h29H,3-27H2,1-2H3,(H,32,33)/p+1. The fraction of sp³-hybridized carbons (Fsp3) is 0.966. The zero-order valence-corrected chi connectivity index (χ0v) is 24.7. The summed E-state index contributed by atoms with van der Waals surface area (Å²) in [7, 11) is -4.05. The smallest absolute Gasteiger partial charge is 0.333 e. The minimum atomic E-state index is -4.05. The number of Topliss-reactive ketones (excluding diaryl/α,β-unsaturated/α-hetero) is 1. The molecule has 0 aliphatic carbocycles. The zero-order valence-electron chi connectivity index (χ0n) is 23.8. The predicted molar refractivity (Wildman–Crippen MR) is 149 cm³/mol. The van der Waals surface area contributed by atoms with Gasteiger partial charge in [-0.2, -0.15) is 0 Å². The first kappa shape index (κ1) is 33.8. The van der Waals surface area contributed by atoms with E-state index in [0.29, 0.717) is 6.42 Å². The van der Waals surface area contributed by atoms with Crippen molar-refractivity contribution in [2.24, 2.45) is 5.92 Å². The molecule has 2 unspecified atom stereocenters. The topological polar surface area (TPSA) is 77.3 Å². The van der Waals surface area contributed by atoms with Gasteiger partial charge in [0.15, 0.2) is 0 Å². The van der Waals surface area contributed by atoms with Crippen LogP contribution in [-0.2, 0) is 18.4 Å². The Morgan fingerprint density at radius 2 is 1.28 bits per heavy atom. The van der Waals surface area contributed by atoms with Crippen molar-refractivity contribution in [3.63, 3.8) is 0 Å². The van der Waals surface area contributed by atoms with E-state index in [0.717, 1.165) is 38.9 Å². The number of ketones is 1. The highest BCUT2D eigenvalue weighted by Gasteiger charge is 2.25. The van der Waals surface area contributed by atoms with Crippen LogP contribution in [0.15, 0.2) is 0 Å². The van der Waals surface area contributed by atoms with Crippen molar-refractivity contribution in [3.8, 4) is 0 Å². The average Bonchev–Trinajstić information content (AvgIpc) is 3.35. The summed E-state index contributed by atoms with van der Waals surface area (Å²) < 4.78 is 22.6. The number of carbonyl (C=O) groups is 1. The Kier molecular flexibility index (Phi) is 21.3. The quantitative estimate of drug-likeness (QED) is 0.0922. The Morgan fingerprint density at radius 3 is 1.75 bits per heavy atom. The third-order valence-electron chi connectivity index (χ3n) is 7.54. The van der Waals surface area contributed by atoms with Crippen molar-refractivity contribution in [1.82, 2.24) is 0 Å². The summed E-state index contributed by atoms with van der Waals surface area (Å²) in [5.74, 6) is 0.0915. The SMILES string of the molecule is CCCCCCCCCCCCCCCCCCC(COP(=O)(O)OCC[NH+]1CCCC1)CC(C)=O. The van der Waals surface area contributed by atoms with Crippen LogP contribution in [-0.4, -0.2) is 43.5 Å². The monoisotopic (exact) mass is 532 g/mol. The fourth-order valence-electron chi connectivity index (χ4n) is 5.30. The number of phosphoric acid groups is 1. The van der Waals surface area contributed by atoms with Crippen LogP contribution in [0.25, 0.3) is 0 Å². The van der Waals surface area contributed by atoms with Crippen LogP contribution >= 0.6 is 7.82 Å². The first-order chi connectivity index (χ1) is 17.4. The van der Waals surface area contributed by atoms with Crippen molar-refractivity contribution in [2.75, 3.05) is 32.8 Å². The van der Waals surface area contributed by atoms with Gasteiger partial charge in [0.1, 0.15) is 18.9 Å². The average molecular weight is 533 g/mol. The maximum atomic E-state index is 12.2. The molecular weight excluding hydrogens is 473 g/mol. The highest BCUT2D eigenvalue weighted by Crippen LogP contribution is 2.43. The molecule has 2 atom stereocenters. The van der Waals surface area contributed by atoms with E-state index in [2.05, 4.69) is 6.92 Å². The van der Waals surface area contributed by atoms with Crippen LogP contribution in [0.2, 0.25) is 0 Å². The molecule has 0 radical (unpaired) electrons. The van der Waals surface area contributed by atoms with Gasteiger partial charge in [0.05, 0.1) is 19.7 Å². The lowest BCUT2D eigenvalue weighted by Gasteiger charge is -2.19. The van der Waals surface area contributed by atoms with Gasteiger partial charge in [-0.1, -0.05) is 110 Å². The van der Waals surface area contributed by atoms with Crippen molar-refractivity contribution >= 4 is 13.6 Å². The number of rotatable bonds is 26. The molecular formula is C29H59NO5P+. The molecule has 0 aromatic heterocycles. The van der Waals surface area contributed by atoms with Crippen LogP contribution in [0.4, 0.5) is 0 Å². The van der Waals surface area contributed by atoms with Crippen molar-refractivity contribution in [3.05, 3.63) is 0 Å². The molecule has 7 heteroatoms. The summed E-state index contributed by atoms with van der Waals surface area (Å²) in [6.45, 7) is 7.16. The molecule has 0 aromatic carbocycles. The maximum Gasteiger partial charge on any atom is 0.472 e. The highest BCUT2D eigenvalue weighted by atomic mass is 31.2. The second kappa shape index (κ2) is 22.7. The number of hydrogen-bond donors (Lipinski definition) is 2. The van der Waals surface area contributed by atoms with E-state index in [4.69, 9.17) is 9.05 Å². The Hall–Kier alpha value is -0.260. The fourth-order valence-corrected chi connectivity index (χ4v) is 6.09. The Morgan fingerprint density at radius 1 is 0.806 bits per heavy atom. The number of quaternary nitrogens is 1. The van der Waals surface area contributed by atoms with E-state index in [-0.39, 0.29) is 24.9 Å². The number of likely N-dealkylation sites (tertiary alicyclic amines) is 1. The molecule has 6 nitrogen and oxygen atoms in total. The van der Waals surface area contributed by atoms with Crippen LogP contribution in [0.5, 0.6) is 0 Å². The Balaban J connectivity index is 2.00. The van der Waals surface area contributed by atoms with E-state index in [9.17, 15) is 14.3 Å². The summed E-state index contributed by atoms with van der Waals surface area (Å²) in [5, 5.41) is 0. The third-order valence-corrected chi connectivity index (χ3v) is 8.52. The molecule has 0 bridgehead atoms. The summed E-state index contributed by atoms with van der Waals surface area (Å²) in [6, 6.07) is 0. The minimum Gasteiger partial charge on any atom is -0.333 e. The zero-order chi connectivity index (χ0) is 26.3. The summed E-state index contributed by atoms with van der Waals surface area (Å²) >= 11 is 0. The Labute approximate surface area is 222 Å². The van der Waals surface area contributed by atoms with Crippen molar-refractivity contribution < 1.29 is 28.2 Å². The van der Waals surface area contributed by atoms with Crippen LogP contribution < -0.4 is 4.90 Å². The lowest BCUT2D eigenvalue weighted by atomic mass is 9.96. The Bertz CT molecular complexity index is 568. The van der Waals surface area contributed by atoms with Crippen LogP contribution in [0.3, 0.4) is 0 Å². The molecule has 1 heterocycles. The third kappa shape index (κ3) is 20.8. The predicted octanol–water partition coefficient (Wildman–Crippen LogP) is 7.05. The first-order valence-electron chi connectivity index (χ1n) is 15.4.